The second kappa shape index (κ2) is 10.0. The minimum absolute atomic E-state index is 0.0916. The number of unbranched alkanes of at least 4 members (excludes halogenated alkanes) is 2. The first-order chi connectivity index (χ1) is 11.6. The number of aromatic carboxylic acids is 1. The molecule has 24 heavy (non-hydrogen) atoms. The molecule has 0 bridgehead atoms. The SMILES string of the molecule is CCCCCNC[C@H]1CCC(=O)N1CCSc1nc(C(=O)O)cs1. The van der Waals surface area contributed by atoms with Gasteiger partial charge in [0.1, 0.15) is 0 Å². The molecule has 2 N–H and O–H groups in total. The number of carboxylic acids is 1. The van der Waals surface area contributed by atoms with Gasteiger partial charge in [-0.1, -0.05) is 31.5 Å². The maximum absolute atomic E-state index is 12.1. The van der Waals surface area contributed by atoms with Crippen LogP contribution in [-0.4, -0.2) is 58.3 Å². The van der Waals surface area contributed by atoms with Crippen LogP contribution in [0.5, 0.6) is 0 Å². The van der Waals surface area contributed by atoms with E-state index in [0.29, 0.717) is 13.0 Å². The number of nitrogens with zero attached hydrogens (tertiary/aromatic N) is 2. The molecule has 2 heterocycles. The number of nitrogens with one attached hydrogen (secondary N) is 1. The number of thioether (sulfide) groups is 1. The molecule has 1 aliphatic rings. The van der Waals surface area contributed by atoms with Crippen LogP contribution in [0.1, 0.15) is 49.5 Å². The average Bonchev–Trinajstić information content (AvgIpc) is 3.16. The molecule has 0 unspecified atom stereocenters. The summed E-state index contributed by atoms with van der Waals surface area (Å²) in [7, 11) is 0. The number of hydrogen-bond donors (Lipinski definition) is 2. The molecular formula is C16H25N3O3S2. The van der Waals surface area contributed by atoms with Gasteiger partial charge in [-0.2, -0.15) is 0 Å². The highest BCUT2D eigenvalue weighted by Crippen LogP contribution is 2.24. The molecule has 1 atom stereocenters. The van der Waals surface area contributed by atoms with Crippen molar-refractivity contribution in [1.82, 2.24) is 15.2 Å². The molecular weight excluding hydrogens is 346 g/mol. The first kappa shape index (κ1) is 19.2. The molecule has 1 aliphatic heterocycles. The molecule has 6 nitrogen and oxygen atoms in total. The summed E-state index contributed by atoms with van der Waals surface area (Å²) in [6, 6.07) is 0.283. The third kappa shape index (κ3) is 5.75. The molecule has 0 aromatic carbocycles. The number of hydrogen-bond acceptors (Lipinski definition) is 6. The Hall–Kier alpha value is -1.12. The number of amides is 1. The van der Waals surface area contributed by atoms with Gasteiger partial charge in [0.25, 0.3) is 0 Å². The minimum Gasteiger partial charge on any atom is -0.476 e. The zero-order valence-corrected chi connectivity index (χ0v) is 15.6. The Morgan fingerprint density at radius 1 is 1.54 bits per heavy atom. The average molecular weight is 372 g/mol. The van der Waals surface area contributed by atoms with E-state index in [-0.39, 0.29) is 17.6 Å². The number of aromatic nitrogens is 1. The van der Waals surface area contributed by atoms with Crippen LogP contribution < -0.4 is 5.32 Å². The first-order valence-electron chi connectivity index (χ1n) is 8.43. The zero-order valence-electron chi connectivity index (χ0n) is 14.0. The third-order valence-corrected chi connectivity index (χ3v) is 6.05. The van der Waals surface area contributed by atoms with E-state index in [1.807, 2.05) is 4.90 Å². The number of carbonyl (C=O) groups is 2. The van der Waals surface area contributed by atoms with Gasteiger partial charge in [0.05, 0.1) is 0 Å². The van der Waals surface area contributed by atoms with Gasteiger partial charge < -0.3 is 15.3 Å². The van der Waals surface area contributed by atoms with Crippen LogP contribution in [0, 0.1) is 0 Å². The molecule has 0 saturated carbocycles. The first-order valence-corrected chi connectivity index (χ1v) is 10.3. The summed E-state index contributed by atoms with van der Waals surface area (Å²) in [6.07, 6.45) is 5.19. The Kier molecular flexibility index (Phi) is 8.01. The van der Waals surface area contributed by atoms with E-state index in [4.69, 9.17) is 5.11 Å². The predicted molar refractivity (Wildman–Crippen MR) is 96.9 cm³/mol. The quantitative estimate of drug-likeness (QED) is 0.460. The van der Waals surface area contributed by atoms with Crippen LogP contribution in [0.4, 0.5) is 0 Å². The van der Waals surface area contributed by atoms with Gasteiger partial charge in [0.2, 0.25) is 5.91 Å². The van der Waals surface area contributed by atoms with Gasteiger partial charge in [-0.05, 0) is 19.4 Å². The highest BCUT2D eigenvalue weighted by molar-refractivity contribution is 8.01. The van der Waals surface area contributed by atoms with Gasteiger partial charge in [0.15, 0.2) is 10.0 Å². The van der Waals surface area contributed by atoms with E-state index < -0.39 is 5.97 Å². The van der Waals surface area contributed by atoms with Crippen LogP contribution >= 0.6 is 23.1 Å². The van der Waals surface area contributed by atoms with Crippen molar-refractivity contribution in [3.63, 3.8) is 0 Å². The highest BCUT2D eigenvalue weighted by atomic mass is 32.2. The Bertz CT molecular complexity index is 550. The van der Waals surface area contributed by atoms with Crippen molar-refractivity contribution in [3.05, 3.63) is 11.1 Å². The van der Waals surface area contributed by atoms with Gasteiger partial charge in [0, 0.05) is 36.7 Å². The molecule has 0 radical (unpaired) electrons. The van der Waals surface area contributed by atoms with Gasteiger partial charge in [-0.25, -0.2) is 9.78 Å². The van der Waals surface area contributed by atoms with E-state index in [0.717, 1.165) is 29.6 Å². The summed E-state index contributed by atoms with van der Waals surface area (Å²) in [4.78, 5) is 28.9. The molecule has 8 heteroatoms. The molecule has 0 spiro atoms. The number of carboxylic acid groups (broad SMARTS) is 1. The van der Waals surface area contributed by atoms with Gasteiger partial charge >= 0.3 is 5.97 Å². The molecule has 134 valence electrons. The lowest BCUT2D eigenvalue weighted by Gasteiger charge is -2.25. The van der Waals surface area contributed by atoms with Crippen LogP contribution in [0.15, 0.2) is 9.72 Å². The third-order valence-electron chi connectivity index (χ3n) is 4.05. The second-order valence-electron chi connectivity index (χ2n) is 5.84. The summed E-state index contributed by atoms with van der Waals surface area (Å²) in [5.74, 6) is -0.0340. The van der Waals surface area contributed by atoms with Crippen molar-refractivity contribution in [3.8, 4) is 0 Å². The Morgan fingerprint density at radius 3 is 3.08 bits per heavy atom. The van der Waals surface area contributed by atoms with Gasteiger partial charge in [-0.15, -0.1) is 11.3 Å². The lowest BCUT2D eigenvalue weighted by Crippen LogP contribution is -2.41. The number of likely N-dealkylation sites (tertiary alicyclic amines) is 1. The summed E-state index contributed by atoms with van der Waals surface area (Å²) in [6.45, 7) is 4.75. The second-order valence-corrected chi connectivity index (χ2v) is 8.04. The molecule has 0 aliphatic carbocycles. The van der Waals surface area contributed by atoms with Crippen molar-refractivity contribution in [1.29, 1.82) is 0 Å². The van der Waals surface area contributed by atoms with E-state index in [2.05, 4.69) is 17.2 Å². The van der Waals surface area contributed by atoms with Crippen LogP contribution in [-0.2, 0) is 4.79 Å². The monoisotopic (exact) mass is 371 g/mol. The maximum atomic E-state index is 12.1. The summed E-state index contributed by atoms with van der Waals surface area (Å²) in [5.41, 5.74) is 0.0916. The molecule has 1 amide bonds. The van der Waals surface area contributed by atoms with Crippen LogP contribution in [0.2, 0.25) is 0 Å². The lowest BCUT2D eigenvalue weighted by molar-refractivity contribution is -0.128. The van der Waals surface area contributed by atoms with Crippen LogP contribution in [0.3, 0.4) is 0 Å². The lowest BCUT2D eigenvalue weighted by atomic mass is 10.2. The Balaban J connectivity index is 1.72. The molecule has 1 saturated heterocycles. The Morgan fingerprint density at radius 2 is 2.38 bits per heavy atom. The highest BCUT2D eigenvalue weighted by Gasteiger charge is 2.30. The number of thiazole rings is 1. The van der Waals surface area contributed by atoms with E-state index in [9.17, 15) is 9.59 Å². The molecule has 1 aromatic heterocycles. The van der Waals surface area contributed by atoms with Crippen molar-refractivity contribution in [2.75, 3.05) is 25.4 Å². The normalized spacial score (nSPS) is 17.6. The van der Waals surface area contributed by atoms with Crippen LogP contribution in [0.25, 0.3) is 0 Å². The smallest absolute Gasteiger partial charge is 0.355 e. The summed E-state index contributed by atoms with van der Waals surface area (Å²) >= 11 is 2.85. The largest absolute Gasteiger partial charge is 0.476 e. The number of carbonyl (C=O) groups excluding carboxylic acids is 1. The van der Waals surface area contributed by atoms with E-state index in [1.54, 1.807) is 5.38 Å². The number of rotatable bonds is 11. The maximum Gasteiger partial charge on any atom is 0.355 e. The fourth-order valence-corrected chi connectivity index (χ4v) is 4.54. The molecule has 1 fully saturated rings. The fourth-order valence-electron chi connectivity index (χ4n) is 2.73. The topological polar surface area (TPSA) is 82.5 Å². The van der Waals surface area contributed by atoms with Crippen molar-refractivity contribution < 1.29 is 14.7 Å². The summed E-state index contributed by atoms with van der Waals surface area (Å²) < 4.78 is 0.744. The molecule has 1 aromatic rings. The van der Waals surface area contributed by atoms with Gasteiger partial charge in [-0.3, -0.25) is 4.79 Å². The van der Waals surface area contributed by atoms with Crippen molar-refractivity contribution in [2.45, 2.75) is 49.4 Å². The summed E-state index contributed by atoms with van der Waals surface area (Å²) in [5, 5.41) is 13.9. The van der Waals surface area contributed by atoms with Crippen molar-refractivity contribution >= 4 is 35.0 Å². The van der Waals surface area contributed by atoms with Crippen molar-refractivity contribution in [2.24, 2.45) is 0 Å². The molecule has 2 rings (SSSR count). The minimum atomic E-state index is -0.998. The predicted octanol–water partition coefficient (Wildman–Crippen LogP) is 2.70. The zero-order chi connectivity index (χ0) is 17.4. The Labute approximate surface area is 151 Å². The van der Waals surface area contributed by atoms with E-state index >= 15 is 0 Å². The standard InChI is InChI=1S/C16H25N3O3S2/c1-2-3-4-7-17-10-12-5-6-14(20)19(12)8-9-23-16-18-13(11-24-16)15(21)22/h11-12,17H,2-10H2,1H3,(H,21,22)/t12-/m1/s1. The fraction of sp³-hybridized carbons (Fsp3) is 0.688. The van der Waals surface area contributed by atoms with E-state index in [1.165, 1.54) is 42.4 Å².